The molecule has 164 valence electrons. The molecule has 0 saturated carbocycles. The summed E-state index contributed by atoms with van der Waals surface area (Å²) >= 11 is 0. The molecule has 0 fully saturated rings. The maximum Gasteiger partial charge on any atom is 0.255 e. The van der Waals surface area contributed by atoms with Gasteiger partial charge in [0.15, 0.2) is 0 Å². The van der Waals surface area contributed by atoms with Crippen molar-refractivity contribution >= 4 is 22.5 Å². The van der Waals surface area contributed by atoms with Gasteiger partial charge < -0.3 is 19.5 Å². The topological polar surface area (TPSA) is 80.5 Å². The maximum absolute atomic E-state index is 13.1. The molecule has 0 radical (unpaired) electrons. The average Bonchev–Trinajstić information content (AvgIpc) is 3.12. The highest BCUT2D eigenvalue weighted by atomic mass is 16.5. The second kappa shape index (κ2) is 9.09. The van der Waals surface area contributed by atoms with E-state index < -0.39 is 0 Å². The molecule has 0 aliphatic rings. The predicted octanol–water partition coefficient (Wildman–Crippen LogP) is 4.41. The molecule has 4 rings (SSSR count). The fraction of sp³-hybridized carbons (Fsp3) is 0.240. The molecule has 0 atom stereocenters. The molecule has 7 heteroatoms. The first-order valence-corrected chi connectivity index (χ1v) is 10.4. The largest absolute Gasteiger partial charge is 0.488 e. The summed E-state index contributed by atoms with van der Waals surface area (Å²) in [5.41, 5.74) is 3.07. The van der Waals surface area contributed by atoms with Crippen LogP contribution in [0.3, 0.4) is 0 Å². The van der Waals surface area contributed by atoms with Gasteiger partial charge >= 0.3 is 0 Å². The molecule has 4 aromatic rings. The first-order valence-electron chi connectivity index (χ1n) is 10.4. The highest BCUT2D eigenvalue weighted by Crippen LogP contribution is 2.28. The van der Waals surface area contributed by atoms with Crippen LogP contribution in [0.1, 0.15) is 32.9 Å². The number of anilines is 1. The summed E-state index contributed by atoms with van der Waals surface area (Å²) in [5.74, 6) is 1.89. The minimum atomic E-state index is -0.207. The molecular formula is C25H26N4O3. The Bertz CT molecular complexity index is 1230. The van der Waals surface area contributed by atoms with Gasteiger partial charge in [-0.2, -0.15) is 0 Å². The summed E-state index contributed by atoms with van der Waals surface area (Å²) in [6.07, 6.45) is 1.77. The minimum Gasteiger partial charge on any atom is -0.488 e. The fourth-order valence-electron chi connectivity index (χ4n) is 3.44. The van der Waals surface area contributed by atoms with Crippen LogP contribution < -0.4 is 15.0 Å². The van der Waals surface area contributed by atoms with Gasteiger partial charge in [0.2, 0.25) is 0 Å². The van der Waals surface area contributed by atoms with Crippen LogP contribution >= 0.6 is 0 Å². The molecule has 0 aliphatic carbocycles. The van der Waals surface area contributed by atoms with Gasteiger partial charge in [-0.05, 0) is 48.4 Å². The molecule has 0 unspecified atom stereocenters. The quantitative estimate of drug-likeness (QED) is 0.468. The number of pyridine rings is 1. The third-order valence-electron chi connectivity index (χ3n) is 5.37. The number of aryl methyl sites for hydroxylation is 2. The number of rotatable bonds is 7. The van der Waals surface area contributed by atoms with Crippen LogP contribution in [0.4, 0.5) is 5.82 Å². The summed E-state index contributed by atoms with van der Waals surface area (Å²) in [4.78, 5) is 19.4. The van der Waals surface area contributed by atoms with E-state index in [0.29, 0.717) is 23.6 Å². The molecule has 0 spiro atoms. The molecule has 2 aromatic heterocycles. The van der Waals surface area contributed by atoms with E-state index in [-0.39, 0.29) is 12.5 Å². The first kappa shape index (κ1) is 21.4. The van der Waals surface area contributed by atoms with Gasteiger partial charge in [-0.15, -0.1) is 0 Å². The van der Waals surface area contributed by atoms with E-state index in [4.69, 9.17) is 9.26 Å². The van der Waals surface area contributed by atoms with Crippen LogP contribution in [0.25, 0.3) is 10.8 Å². The Kier molecular flexibility index (Phi) is 6.07. The second-order valence-corrected chi connectivity index (χ2v) is 7.89. The van der Waals surface area contributed by atoms with E-state index in [1.807, 2.05) is 81.4 Å². The van der Waals surface area contributed by atoms with Crippen molar-refractivity contribution in [3.8, 4) is 5.75 Å². The summed E-state index contributed by atoms with van der Waals surface area (Å²) in [7, 11) is 3.88. The molecular weight excluding hydrogens is 404 g/mol. The van der Waals surface area contributed by atoms with Crippen LogP contribution in [0.15, 0.2) is 59.3 Å². The number of carbonyl (C=O) groups excluding carboxylic acids is 1. The summed E-state index contributed by atoms with van der Waals surface area (Å²) in [5, 5.41) is 8.93. The van der Waals surface area contributed by atoms with E-state index in [9.17, 15) is 4.79 Å². The molecule has 0 bridgehead atoms. The van der Waals surface area contributed by atoms with Gasteiger partial charge in [0.25, 0.3) is 5.91 Å². The minimum absolute atomic E-state index is 0.207. The standard InChI is InChI=1S/C25H26N4O3/c1-16-22(17(2)32-28-16)15-31-23-12-20-8-6-5-7-19(20)11-21(23)25(30)27-14-18-9-10-24(26-13-18)29(3)4/h5-13H,14-15H2,1-4H3,(H,27,30). The van der Waals surface area contributed by atoms with Gasteiger partial charge in [0.05, 0.1) is 16.8 Å². The number of hydrogen-bond acceptors (Lipinski definition) is 6. The molecule has 1 N–H and O–H groups in total. The van der Waals surface area contributed by atoms with Crippen molar-refractivity contribution in [3.63, 3.8) is 0 Å². The van der Waals surface area contributed by atoms with E-state index in [0.717, 1.165) is 33.4 Å². The third-order valence-corrected chi connectivity index (χ3v) is 5.37. The molecule has 7 nitrogen and oxygen atoms in total. The van der Waals surface area contributed by atoms with Crippen LogP contribution in [-0.2, 0) is 13.2 Å². The zero-order chi connectivity index (χ0) is 22.7. The van der Waals surface area contributed by atoms with Crippen molar-refractivity contribution in [2.24, 2.45) is 0 Å². The number of nitrogens with one attached hydrogen (secondary N) is 1. The van der Waals surface area contributed by atoms with Crippen molar-refractivity contribution in [2.45, 2.75) is 27.0 Å². The van der Waals surface area contributed by atoms with Crippen LogP contribution in [0.2, 0.25) is 0 Å². The van der Waals surface area contributed by atoms with Crippen molar-refractivity contribution in [2.75, 3.05) is 19.0 Å². The summed E-state index contributed by atoms with van der Waals surface area (Å²) in [6.45, 7) is 4.37. The van der Waals surface area contributed by atoms with Crippen molar-refractivity contribution in [1.82, 2.24) is 15.5 Å². The molecule has 32 heavy (non-hydrogen) atoms. The molecule has 0 aliphatic heterocycles. The van der Waals surface area contributed by atoms with Gasteiger partial charge in [-0.3, -0.25) is 4.79 Å². The first-order chi connectivity index (χ1) is 15.4. The Balaban J connectivity index is 1.56. The summed E-state index contributed by atoms with van der Waals surface area (Å²) in [6, 6.07) is 15.5. The Hall–Kier alpha value is -3.87. The van der Waals surface area contributed by atoms with Crippen molar-refractivity contribution < 1.29 is 14.1 Å². The SMILES string of the molecule is Cc1noc(C)c1COc1cc2ccccc2cc1C(=O)NCc1ccc(N(C)C)nc1. The number of carbonyl (C=O) groups is 1. The average molecular weight is 431 g/mol. The lowest BCUT2D eigenvalue weighted by Gasteiger charge is -2.14. The number of nitrogens with zero attached hydrogens (tertiary/aromatic N) is 3. The number of aromatic nitrogens is 2. The van der Waals surface area contributed by atoms with Gasteiger partial charge in [0.1, 0.15) is 23.9 Å². The number of hydrogen-bond donors (Lipinski definition) is 1. The van der Waals surface area contributed by atoms with Crippen molar-refractivity contribution in [1.29, 1.82) is 0 Å². The highest BCUT2D eigenvalue weighted by Gasteiger charge is 2.16. The Morgan fingerprint density at radius 2 is 1.84 bits per heavy atom. The van der Waals surface area contributed by atoms with Gasteiger partial charge in [0, 0.05) is 26.8 Å². The Labute approximate surface area is 187 Å². The van der Waals surface area contributed by atoms with E-state index >= 15 is 0 Å². The number of ether oxygens (including phenoxy) is 1. The lowest BCUT2D eigenvalue weighted by molar-refractivity contribution is 0.0946. The fourth-order valence-corrected chi connectivity index (χ4v) is 3.44. The van der Waals surface area contributed by atoms with Gasteiger partial charge in [-0.1, -0.05) is 35.5 Å². The highest BCUT2D eigenvalue weighted by molar-refractivity contribution is 6.01. The van der Waals surface area contributed by atoms with Crippen LogP contribution in [-0.4, -0.2) is 30.1 Å². The second-order valence-electron chi connectivity index (χ2n) is 7.89. The lowest BCUT2D eigenvalue weighted by atomic mass is 10.0. The number of fused-ring (bicyclic) bond motifs is 1. The third kappa shape index (κ3) is 4.56. The monoisotopic (exact) mass is 430 g/mol. The zero-order valence-electron chi connectivity index (χ0n) is 18.7. The van der Waals surface area contributed by atoms with Crippen molar-refractivity contribution in [3.05, 3.63) is 82.9 Å². The lowest BCUT2D eigenvalue weighted by Crippen LogP contribution is -2.23. The number of benzene rings is 2. The molecule has 0 saturated heterocycles. The summed E-state index contributed by atoms with van der Waals surface area (Å²) < 4.78 is 11.3. The van der Waals surface area contributed by atoms with E-state index in [2.05, 4.69) is 15.5 Å². The smallest absolute Gasteiger partial charge is 0.255 e. The molecule has 2 heterocycles. The normalized spacial score (nSPS) is 10.9. The number of amides is 1. The Morgan fingerprint density at radius 1 is 1.09 bits per heavy atom. The molecule has 1 amide bonds. The van der Waals surface area contributed by atoms with Gasteiger partial charge in [-0.25, -0.2) is 4.98 Å². The Morgan fingerprint density at radius 3 is 2.47 bits per heavy atom. The maximum atomic E-state index is 13.1. The van der Waals surface area contributed by atoms with E-state index in [1.165, 1.54) is 0 Å². The zero-order valence-corrected chi connectivity index (χ0v) is 18.7. The molecule has 2 aromatic carbocycles. The van der Waals surface area contributed by atoms with Crippen LogP contribution in [0.5, 0.6) is 5.75 Å². The van der Waals surface area contributed by atoms with E-state index in [1.54, 1.807) is 6.20 Å². The van der Waals surface area contributed by atoms with Crippen LogP contribution in [0, 0.1) is 13.8 Å². The predicted molar refractivity (Wildman–Crippen MR) is 124 cm³/mol.